The summed E-state index contributed by atoms with van der Waals surface area (Å²) in [7, 11) is 1.49. The predicted molar refractivity (Wildman–Crippen MR) is 133 cm³/mol. The lowest BCUT2D eigenvalue weighted by molar-refractivity contribution is -0.118. The molecule has 1 heterocycles. The first-order valence-corrected chi connectivity index (χ1v) is 11.1. The molecule has 4 rings (SSSR count). The fraction of sp³-hybridized carbons (Fsp3) is 0.154. The van der Waals surface area contributed by atoms with Crippen molar-refractivity contribution in [1.82, 2.24) is 0 Å². The highest BCUT2D eigenvalue weighted by Crippen LogP contribution is 2.34. The maximum absolute atomic E-state index is 13.3. The van der Waals surface area contributed by atoms with Gasteiger partial charge < -0.3 is 19.2 Å². The summed E-state index contributed by atoms with van der Waals surface area (Å²) >= 11 is 12.4. The molecule has 3 aromatic carbocycles. The molecule has 0 saturated heterocycles. The van der Waals surface area contributed by atoms with Crippen molar-refractivity contribution >= 4 is 51.5 Å². The number of hydrogen-bond acceptors (Lipinski definition) is 5. The second-order valence-electron chi connectivity index (χ2n) is 7.69. The van der Waals surface area contributed by atoms with Gasteiger partial charge >= 0.3 is 0 Å². The molecular formula is C26H21Cl2NO5. The second-order valence-corrected chi connectivity index (χ2v) is 8.47. The minimum atomic E-state index is -0.446. The Balaban J connectivity index is 1.61. The number of furan rings is 1. The maximum Gasteiger partial charge on any atom is 0.262 e. The quantitative estimate of drug-likeness (QED) is 0.290. The van der Waals surface area contributed by atoms with Crippen molar-refractivity contribution in [1.29, 1.82) is 0 Å². The van der Waals surface area contributed by atoms with Gasteiger partial charge in [-0.05, 0) is 67.4 Å². The van der Waals surface area contributed by atoms with Crippen molar-refractivity contribution < 1.29 is 23.5 Å². The van der Waals surface area contributed by atoms with E-state index in [0.717, 1.165) is 11.1 Å². The van der Waals surface area contributed by atoms with Gasteiger partial charge in [0.1, 0.15) is 17.1 Å². The van der Waals surface area contributed by atoms with Crippen LogP contribution in [0.1, 0.15) is 27.2 Å². The molecule has 0 aliphatic heterocycles. The molecule has 174 valence electrons. The van der Waals surface area contributed by atoms with Gasteiger partial charge in [-0.25, -0.2) is 0 Å². The number of carbonyl (C=O) groups excluding carboxylic acids is 2. The Bertz CT molecular complexity index is 1390. The number of anilines is 1. The van der Waals surface area contributed by atoms with Gasteiger partial charge in [-0.15, -0.1) is 0 Å². The number of fused-ring (bicyclic) bond motifs is 1. The molecule has 1 amide bonds. The summed E-state index contributed by atoms with van der Waals surface area (Å²) in [5.41, 5.74) is 2.73. The monoisotopic (exact) mass is 497 g/mol. The van der Waals surface area contributed by atoms with Crippen molar-refractivity contribution in [2.45, 2.75) is 13.8 Å². The number of amides is 1. The second kappa shape index (κ2) is 9.79. The highest BCUT2D eigenvalue weighted by atomic mass is 35.5. The number of halogens is 2. The molecule has 0 fully saturated rings. The normalized spacial score (nSPS) is 10.9. The molecule has 8 heteroatoms. The fourth-order valence-electron chi connectivity index (χ4n) is 3.58. The molecular weight excluding hydrogens is 477 g/mol. The molecule has 0 unspecified atom stereocenters. The van der Waals surface area contributed by atoms with Gasteiger partial charge in [-0.1, -0.05) is 35.3 Å². The lowest BCUT2D eigenvalue weighted by atomic mass is 10.1. The van der Waals surface area contributed by atoms with Crippen LogP contribution in [0.3, 0.4) is 0 Å². The standard InChI is InChI=1S/C26H21Cl2NO5/c1-14-10-17(11-15(2)23(14)28)33-13-22(30)29-24-18-6-4-5-7-20(18)34-26(24)25(31)16-8-9-21(32-3)19(27)12-16/h4-12H,13H2,1-3H3,(H,29,30). The Labute approximate surface area is 206 Å². The third-order valence-electron chi connectivity index (χ3n) is 5.26. The highest BCUT2D eigenvalue weighted by Gasteiger charge is 2.24. The summed E-state index contributed by atoms with van der Waals surface area (Å²) in [6.07, 6.45) is 0. The number of aryl methyl sites for hydroxylation is 2. The molecule has 0 bridgehead atoms. The number of methoxy groups -OCH3 is 1. The molecule has 1 N–H and O–H groups in total. The third-order valence-corrected chi connectivity index (χ3v) is 6.15. The number of ether oxygens (including phenoxy) is 2. The average Bonchev–Trinajstić information content (AvgIpc) is 3.18. The number of rotatable bonds is 7. The Morgan fingerprint density at radius 3 is 2.38 bits per heavy atom. The molecule has 0 spiro atoms. The number of benzene rings is 3. The Hall–Kier alpha value is -3.48. The van der Waals surface area contributed by atoms with Gasteiger partial charge in [0.2, 0.25) is 5.78 Å². The molecule has 0 radical (unpaired) electrons. The topological polar surface area (TPSA) is 77.8 Å². The minimum absolute atomic E-state index is 0.00559. The van der Waals surface area contributed by atoms with E-state index in [4.69, 9.17) is 37.1 Å². The van der Waals surface area contributed by atoms with Crippen molar-refractivity contribution in [3.63, 3.8) is 0 Å². The predicted octanol–water partition coefficient (Wildman–Crippen LogP) is 6.61. The fourth-order valence-corrected chi connectivity index (χ4v) is 3.95. The van der Waals surface area contributed by atoms with Crippen LogP contribution in [-0.4, -0.2) is 25.4 Å². The number of nitrogens with one attached hydrogen (secondary N) is 1. The maximum atomic E-state index is 13.3. The number of para-hydroxylation sites is 1. The van der Waals surface area contributed by atoms with Crippen LogP contribution in [0, 0.1) is 13.8 Å². The van der Waals surface area contributed by atoms with E-state index in [1.54, 1.807) is 48.5 Å². The van der Waals surface area contributed by atoms with Crippen LogP contribution < -0.4 is 14.8 Å². The average molecular weight is 498 g/mol. The van der Waals surface area contributed by atoms with E-state index in [0.29, 0.717) is 33.1 Å². The van der Waals surface area contributed by atoms with E-state index >= 15 is 0 Å². The Kier molecular flexibility index (Phi) is 6.82. The molecule has 0 saturated carbocycles. The first kappa shape index (κ1) is 23.7. The van der Waals surface area contributed by atoms with E-state index in [1.165, 1.54) is 13.2 Å². The van der Waals surface area contributed by atoms with Crippen LogP contribution in [0.2, 0.25) is 10.0 Å². The SMILES string of the molecule is COc1ccc(C(=O)c2oc3ccccc3c2NC(=O)COc2cc(C)c(Cl)c(C)c2)cc1Cl. The summed E-state index contributed by atoms with van der Waals surface area (Å²) in [5.74, 6) is 0.0884. The number of hydrogen-bond donors (Lipinski definition) is 1. The van der Waals surface area contributed by atoms with Gasteiger partial charge in [0.05, 0.1) is 17.8 Å². The third kappa shape index (κ3) is 4.74. The summed E-state index contributed by atoms with van der Waals surface area (Å²) in [5, 5.41) is 4.31. The van der Waals surface area contributed by atoms with Crippen LogP contribution >= 0.6 is 23.2 Å². The first-order valence-electron chi connectivity index (χ1n) is 10.4. The Morgan fingerprint density at radius 1 is 1.00 bits per heavy atom. The highest BCUT2D eigenvalue weighted by molar-refractivity contribution is 6.33. The number of ketones is 1. The molecule has 0 aliphatic carbocycles. The van der Waals surface area contributed by atoms with Gasteiger partial charge in [0, 0.05) is 16.0 Å². The Morgan fingerprint density at radius 2 is 1.71 bits per heavy atom. The smallest absolute Gasteiger partial charge is 0.262 e. The van der Waals surface area contributed by atoms with Crippen LogP contribution in [0.15, 0.2) is 59.0 Å². The molecule has 6 nitrogen and oxygen atoms in total. The lowest BCUT2D eigenvalue weighted by Gasteiger charge is -2.11. The molecule has 0 aliphatic rings. The van der Waals surface area contributed by atoms with Crippen molar-refractivity contribution in [3.05, 3.63) is 87.1 Å². The van der Waals surface area contributed by atoms with E-state index < -0.39 is 11.7 Å². The van der Waals surface area contributed by atoms with E-state index in [9.17, 15) is 9.59 Å². The van der Waals surface area contributed by atoms with Gasteiger partial charge in [0.25, 0.3) is 5.91 Å². The molecule has 0 atom stereocenters. The molecule has 4 aromatic rings. The van der Waals surface area contributed by atoms with Gasteiger partial charge in [-0.3, -0.25) is 9.59 Å². The zero-order chi connectivity index (χ0) is 24.4. The lowest BCUT2D eigenvalue weighted by Crippen LogP contribution is -2.21. The van der Waals surface area contributed by atoms with Crippen LogP contribution in [0.4, 0.5) is 5.69 Å². The van der Waals surface area contributed by atoms with Gasteiger partial charge in [0.15, 0.2) is 12.4 Å². The van der Waals surface area contributed by atoms with Crippen LogP contribution in [0.25, 0.3) is 11.0 Å². The minimum Gasteiger partial charge on any atom is -0.495 e. The van der Waals surface area contributed by atoms with Crippen molar-refractivity contribution in [2.75, 3.05) is 19.0 Å². The summed E-state index contributed by atoms with van der Waals surface area (Å²) < 4.78 is 16.6. The van der Waals surface area contributed by atoms with E-state index in [2.05, 4.69) is 5.32 Å². The van der Waals surface area contributed by atoms with Gasteiger partial charge in [-0.2, -0.15) is 0 Å². The van der Waals surface area contributed by atoms with E-state index in [1.807, 2.05) is 13.8 Å². The summed E-state index contributed by atoms with van der Waals surface area (Å²) in [6, 6.07) is 15.3. The van der Waals surface area contributed by atoms with E-state index in [-0.39, 0.29) is 23.1 Å². The zero-order valence-corrected chi connectivity index (χ0v) is 20.2. The zero-order valence-electron chi connectivity index (χ0n) is 18.7. The number of carbonyl (C=O) groups is 2. The van der Waals surface area contributed by atoms with Crippen molar-refractivity contribution in [2.24, 2.45) is 0 Å². The molecule has 34 heavy (non-hydrogen) atoms. The summed E-state index contributed by atoms with van der Waals surface area (Å²) in [4.78, 5) is 26.0. The largest absolute Gasteiger partial charge is 0.495 e. The summed E-state index contributed by atoms with van der Waals surface area (Å²) in [6.45, 7) is 3.47. The van der Waals surface area contributed by atoms with Crippen molar-refractivity contribution in [3.8, 4) is 11.5 Å². The van der Waals surface area contributed by atoms with Crippen LogP contribution in [0.5, 0.6) is 11.5 Å². The molecule has 1 aromatic heterocycles. The first-order chi connectivity index (χ1) is 16.3. The van der Waals surface area contributed by atoms with Crippen LogP contribution in [-0.2, 0) is 4.79 Å².